The van der Waals surface area contributed by atoms with Gasteiger partial charge in [0.05, 0.1) is 12.7 Å². The van der Waals surface area contributed by atoms with Crippen LogP contribution in [-0.4, -0.2) is 16.7 Å². The maximum Gasteiger partial charge on any atom is 0.120 e. The number of aliphatic hydroxyl groups excluding tert-OH is 1. The van der Waals surface area contributed by atoms with Crippen molar-refractivity contribution >= 4 is 10.9 Å². The molecule has 0 aliphatic carbocycles. The molecule has 0 radical (unpaired) electrons. The normalized spacial score (nSPS) is 12.9. The number of ether oxygens (including phenoxy) is 1. The van der Waals surface area contributed by atoms with Crippen LogP contribution in [0.3, 0.4) is 0 Å². The first-order valence-corrected chi connectivity index (χ1v) is 5.68. The van der Waals surface area contributed by atoms with Crippen molar-refractivity contribution in [3.05, 3.63) is 30.0 Å². The Morgan fingerprint density at radius 1 is 1.38 bits per heavy atom. The summed E-state index contributed by atoms with van der Waals surface area (Å²) >= 11 is 0. The van der Waals surface area contributed by atoms with Crippen molar-refractivity contribution in [2.24, 2.45) is 0 Å². The zero-order chi connectivity index (χ0) is 11.5. The summed E-state index contributed by atoms with van der Waals surface area (Å²) in [5.41, 5.74) is 1.98. The Morgan fingerprint density at radius 2 is 2.19 bits per heavy atom. The number of hydrogen-bond donors (Lipinski definition) is 2. The minimum Gasteiger partial charge on any atom is -0.494 e. The van der Waals surface area contributed by atoms with Crippen LogP contribution in [0.15, 0.2) is 24.4 Å². The Labute approximate surface area is 95.1 Å². The second-order valence-electron chi connectivity index (χ2n) is 3.81. The second-order valence-corrected chi connectivity index (χ2v) is 3.81. The van der Waals surface area contributed by atoms with E-state index in [9.17, 15) is 5.11 Å². The van der Waals surface area contributed by atoms with E-state index in [2.05, 4.69) is 4.98 Å². The molecule has 0 fully saturated rings. The number of H-pyrrole nitrogens is 1. The fourth-order valence-corrected chi connectivity index (χ4v) is 1.87. The van der Waals surface area contributed by atoms with Crippen LogP contribution >= 0.6 is 0 Å². The van der Waals surface area contributed by atoms with E-state index in [4.69, 9.17) is 4.74 Å². The molecule has 1 atom stereocenters. The molecule has 1 aromatic heterocycles. The van der Waals surface area contributed by atoms with Gasteiger partial charge in [-0.15, -0.1) is 0 Å². The number of fused-ring (bicyclic) bond motifs is 1. The van der Waals surface area contributed by atoms with Gasteiger partial charge >= 0.3 is 0 Å². The molecule has 0 spiro atoms. The van der Waals surface area contributed by atoms with E-state index >= 15 is 0 Å². The fourth-order valence-electron chi connectivity index (χ4n) is 1.87. The summed E-state index contributed by atoms with van der Waals surface area (Å²) in [5.74, 6) is 0.846. The topological polar surface area (TPSA) is 45.2 Å². The zero-order valence-corrected chi connectivity index (χ0v) is 9.66. The molecule has 3 heteroatoms. The number of aliphatic hydroxyl groups is 1. The van der Waals surface area contributed by atoms with E-state index in [-0.39, 0.29) is 0 Å². The molecule has 0 saturated heterocycles. The molecule has 2 N–H and O–H groups in total. The molecule has 16 heavy (non-hydrogen) atoms. The van der Waals surface area contributed by atoms with Gasteiger partial charge in [-0.1, -0.05) is 6.92 Å². The lowest BCUT2D eigenvalue weighted by molar-refractivity contribution is 0.175. The van der Waals surface area contributed by atoms with Crippen LogP contribution in [0.5, 0.6) is 5.75 Å². The minimum absolute atomic E-state index is 0.411. The molecule has 0 amide bonds. The van der Waals surface area contributed by atoms with Crippen LogP contribution in [0.2, 0.25) is 0 Å². The molecule has 0 saturated carbocycles. The van der Waals surface area contributed by atoms with Crippen LogP contribution in [-0.2, 0) is 0 Å². The van der Waals surface area contributed by atoms with Crippen molar-refractivity contribution < 1.29 is 9.84 Å². The first-order chi connectivity index (χ1) is 7.76. The van der Waals surface area contributed by atoms with Crippen LogP contribution in [0.1, 0.15) is 31.9 Å². The first-order valence-electron chi connectivity index (χ1n) is 5.68. The summed E-state index contributed by atoms with van der Waals surface area (Å²) in [4.78, 5) is 3.16. The maximum atomic E-state index is 9.88. The standard InChI is InChI=1S/C13H17NO2/c1-3-13(15)11-8-14-12-6-5-9(16-4-2)7-10(11)12/h5-8,13-15H,3-4H2,1-2H3/t13-/m1/s1. The monoisotopic (exact) mass is 219 g/mol. The average molecular weight is 219 g/mol. The molecule has 3 nitrogen and oxygen atoms in total. The predicted molar refractivity (Wildman–Crippen MR) is 64.7 cm³/mol. The van der Waals surface area contributed by atoms with Crippen molar-refractivity contribution in [3.63, 3.8) is 0 Å². The van der Waals surface area contributed by atoms with Gasteiger partial charge in [0.25, 0.3) is 0 Å². The quantitative estimate of drug-likeness (QED) is 0.830. The molecule has 0 bridgehead atoms. The summed E-state index contributed by atoms with van der Waals surface area (Å²) in [6.45, 7) is 4.58. The van der Waals surface area contributed by atoms with E-state index in [1.807, 2.05) is 38.2 Å². The lowest BCUT2D eigenvalue weighted by Crippen LogP contribution is -1.94. The highest BCUT2D eigenvalue weighted by Crippen LogP contribution is 2.28. The third kappa shape index (κ3) is 1.91. The third-order valence-corrected chi connectivity index (χ3v) is 2.74. The van der Waals surface area contributed by atoms with Gasteiger partial charge < -0.3 is 14.8 Å². The molecular weight excluding hydrogens is 202 g/mol. The van der Waals surface area contributed by atoms with Crippen molar-refractivity contribution in [2.75, 3.05) is 6.61 Å². The maximum absolute atomic E-state index is 9.88. The van der Waals surface area contributed by atoms with E-state index in [1.165, 1.54) is 0 Å². The SMILES string of the molecule is CCOc1ccc2[nH]cc([C@H](O)CC)c2c1. The number of rotatable bonds is 4. The van der Waals surface area contributed by atoms with Crippen LogP contribution in [0, 0.1) is 0 Å². The predicted octanol–water partition coefficient (Wildman–Crippen LogP) is 3.01. The van der Waals surface area contributed by atoms with E-state index in [0.29, 0.717) is 13.0 Å². The van der Waals surface area contributed by atoms with Crippen molar-refractivity contribution in [3.8, 4) is 5.75 Å². The Morgan fingerprint density at radius 3 is 2.88 bits per heavy atom. The van der Waals surface area contributed by atoms with Crippen molar-refractivity contribution in [1.29, 1.82) is 0 Å². The lowest BCUT2D eigenvalue weighted by Gasteiger charge is -2.07. The Kier molecular flexibility index (Phi) is 3.15. The molecule has 2 rings (SSSR count). The van der Waals surface area contributed by atoms with Crippen LogP contribution in [0.25, 0.3) is 10.9 Å². The molecule has 0 aliphatic heterocycles. The summed E-state index contributed by atoms with van der Waals surface area (Å²) in [7, 11) is 0. The molecule has 86 valence electrons. The summed E-state index contributed by atoms with van der Waals surface area (Å²) in [5, 5.41) is 10.9. The number of aromatic nitrogens is 1. The Hall–Kier alpha value is -1.48. The molecular formula is C13H17NO2. The van der Waals surface area contributed by atoms with E-state index in [1.54, 1.807) is 0 Å². The number of aromatic amines is 1. The summed E-state index contributed by atoms with van der Waals surface area (Å²) in [6.07, 6.45) is 2.17. The molecule has 0 unspecified atom stereocenters. The number of hydrogen-bond acceptors (Lipinski definition) is 2. The Balaban J connectivity index is 2.47. The lowest BCUT2D eigenvalue weighted by atomic mass is 10.1. The van der Waals surface area contributed by atoms with Gasteiger partial charge in [-0.3, -0.25) is 0 Å². The van der Waals surface area contributed by atoms with Gasteiger partial charge in [0, 0.05) is 22.7 Å². The van der Waals surface area contributed by atoms with Gasteiger partial charge in [-0.2, -0.15) is 0 Å². The van der Waals surface area contributed by atoms with Gasteiger partial charge in [-0.05, 0) is 31.5 Å². The van der Waals surface area contributed by atoms with E-state index in [0.717, 1.165) is 22.2 Å². The van der Waals surface area contributed by atoms with Gasteiger partial charge in [0.1, 0.15) is 5.75 Å². The molecule has 1 aromatic carbocycles. The minimum atomic E-state index is -0.411. The number of nitrogens with one attached hydrogen (secondary N) is 1. The summed E-state index contributed by atoms with van der Waals surface area (Å²) < 4.78 is 5.46. The Bertz CT molecular complexity index is 476. The fraction of sp³-hybridized carbons (Fsp3) is 0.385. The smallest absolute Gasteiger partial charge is 0.120 e. The van der Waals surface area contributed by atoms with Crippen molar-refractivity contribution in [1.82, 2.24) is 4.98 Å². The average Bonchev–Trinajstić information content (AvgIpc) is 2.71. The molecule has 0 aliphatic rings. The first kappa shape index (κ1) is 11.0. The molecule has 1 heterocycles. The van der Waals surface area contributed by atoms with Gasteiger partial charge in [0.2, 0.25) is 0 Å². The van der Waals surface area contributed by atoms with Gasteiger partial charge in [0.15, 0.2) is 0 Å². The highest BCUT2D eigenvalue weighted by Gasteiger charge is 2.11. The van der Waals surface area contributed by atoms with Crippen LogP contribution in [0.4, 0.5) is 0 Å². The largest absolute Gasteiger partial charge is 0.494 e. The van der Waals surface area contributed by atoms with E-state index < -0.39 is 6.10 Å². The third-order valence-electron chi connectivity index (χ3n) is 2.74. The van der Waals surface area contributed by atoms with Crippen LogP contribution < -0.4 is 4.74 Å². The van der Waals surface area contributed by atoms with Crippen molar-refractivity contribution in [2.45, 2.75) is 26.4 Å². The molecule has 2 aromatic rings. The highest BCUT2D eigenvalue weighted by molar-refractivity contribution is 5.85. The zero-order valence-electron chi connectivity index (χ0n) is 9.66. The highest BCUT2D eigenvalue weighted by atomic mass is 16.5. The summed E-state index contributed by atoms with van der Waals surface area (Å²) in [6, 6.07) is 5.89. The number of benzene rings is 1. The van der Waals surface area contributed by atoms with Gasteiger partial charge in [-0.25, -0.2) is 0 Å². The second kappa shape index (κ2) is 4.58.